The van der Waals surface area contributed by atoms with E-state index in [1.165, 1.54) is 47.6 Å². The Morgan fingerprint density at radius 3 is 1.93 bits per heavy atom. The van der Waals surface area contributed by atoms with Crippen molar-refractivity contribution in [3.63, 3.8) is 0 Å². The molecule has 0 saturated carbocycles. The van der Waals surface area contributed by atoms with E-state index in [0.717, 1.165) is 29.5 Å². The number of aromatic nitrogens is 3. The van der Waals surface area contributed by atoms with Crippen LogP contribution in [0.15, 0.2) is 121 Å². The Morgan fingerprint density at radius 1 is 0.571 bits per heavy atom. The molecule has 2 heterocycles. The van der Waals surface area contributed by atoms with Gasteiger partial charge in [-0.3, -0.25) is 0 Å². The van der Waals surface area contributed by atoms with Crippen molar-refractivity contribution in [2.75, 3.05) is 0 Å². The fourth-order valence-corrected chi connectivity index (χ4v) is 7.31. The average Bonchev–Trinajstić information content (AvgIpc) is 3.45. The second-order valence-electron chi connectivity index (χ2n) is 10.7. The van der Waals surface area contributed by atoms with Crippen LogP contribution in [0.3, 0.4) is 0 Å². The number of rotatable bonds is 4. The van der Waals surface area contributed by atoms with Gasteiger partial charge < -0.3 is 0 Å². The van der Waals surface area contributed by atoms with Crippen molar-refractivity contribution in [1.29, 1.82) is 0 Å². The highest BCUT2D eigenvalue weighted by atomic mass is 32.1. The second kappa shape index (κ2) is 10.2. The molecule has 42 heavy (non-hydrogen) atoms. The minimum Gasteiger partial charge on any atom is -0.208 e. The molecular weight excluding hydrogens is 531 g/mol. The lowest BCUT2D eigenvalue weighted by molar-refractivity contribution is 1.04. The second-order valence-corrected chi connectivity index (χ2v) is 11.8. The summed E-state index contributed by atoms with van der Waals surface area (Å²) in [5, 5.41) is 4.96. The lowest BCUT2D eigenvalue weighted by Gasteiger charge is -2.14. The summed E-state index contributed by atoms with van der Waals surface area (Å²) in [6.45, 7) is 2.20. The Kier molecular flexibility index (Phi) is 6.01. The van der Waals surface area contributed by atoms with Gasteiger partial charge in [-0.25, -0.2) is 15.0 Å². The summed E-state index contributed by atoms with van der Waals surface area (Å²) in [7, 11) is 0. The summed E-state index contributed by atoms with van der Waals surface area (Å²) in [6, 6.07) is 36.2. The molecule has 5 aromatic carbocycles. The molecule has 8 rings (SSSR count). The Labute approximate surface area is 248 Å². The third-order valence-electron chi connectivity index (χ3n) is 8.16. The standard InChI is InChI=1S/C38H27N3S/c1-24-29-16-8-9-17-30(29)35-34(31-18-10-11-19-32(31)42-35)33(24)38-40-36(27-14-6-3-7-15-27)39-37(41-38)28-22-20-26(21-23-28)25-12-4-2-5-13-25/h3-4,6-23H,2,5H2,1H3. The van der Waals surface area contributed by atoms with Crippen LogP contribution in [-0.2, 0) is 0 Å². The molecule has 0 aliphatic heterocycles. The molecule has 0 N–H and O–H groups in total. The van der Waals surface area contributed by atoms with E-state index >= 15 is 0 Å². The first kappa shape index (κ1) is 24.8. The van der Waals surface area contributed by atoms with Crippen LogP contribution in [0.25, 0.3) is 70.7 Å². The predicted octanol–water partition coefficient (Wildman–Crippen LogP) is 10.4. The zero-order valence-electron chi connectivity index (χ0n) is 23.2. The first-order valence-corrected chi connectivity index (χ1v) is 15.2. The molecule has 0 unspecified atom stereocenters. The Bertz CT molecular complexity index is 2190. The van der Waals surface area contributed by atoms with Gasteiger partial charge in [-0.1, -0.05) is 115 Å². The van der Waals surface area contributed by atoms with Crippen LogP contribution in [0.1, 0.15) is 24.0 Å². The van der Waals surface area contributed by atoms with Crippen LogP contribution in [0.4, 0.5) is 0 Å². The Morgan fingerprint density at radius 2 is 1.19 bits per heavy atom. The zero-order chi connectivity index (χ0) is 28.0. The van der Waals surface area contributed by atoms with Crippen LogP contribution in [0, 0.1) is 6.92 Å². The third kappa shape index (κ3) is 4.15. The molecule has 1 aliphatic rings. The fraction of sp³-hybridized carbons (Fsp3) is 0.0789. The highest BCUT2D eigenvalue weighted by molar-refractivity contribution is 7.26. The van der Waals surface area contributed by atoms with E-state index in [-0.39, 0.29) is 0 Å². The lowest BCUT2D eigenvalue weighted by atomic mass is 9.94. The highest BCUT2D eigenvalue weighted by Crippen LogP contribution is 2.45. The number of hydrogen-bond acceptors (Lipinski definition) is 4. The van der Waals surface area contributed by atoms with E-state index in [1.807, 2.05) is 29.5 Å². The molecule has 200 valence electrons. The number of nitrogens with zero attached hydrogens (tertiary/aromatic N) is 3. The van der Waals surface area contributed by atoms with Gasteiger partial charge in [-0.05, 0) is 53.3 Å². The minimum atomic E-state index is 0.679. The van der Waals surface area contributed by atoms with E-state index in [0.29, 0.717) is 17.5 Å². The molecule has 0 fully saturated rings. The Balaban J connectivity index is 1.40. The SMILES string of the molecule is Cc1c(-c2nc(-c3ccccc3)nc(-c3ccc(C4=CCCC=C4)cc3)n2)c2c3ccccc3sc2c2ccccc12. The van der Waals surface area contributed by atoms with Crippen molar-refractivity contribution in [2.45, 2.75) is 19.8 Å². The van der Waals surface area contributed by atoms with Crippen LogP contribution in [0.5, 0.6) is 0 Å². The summed E-state index contributed by atoms with van der Waals surface area (Å²) in [6.07, 6.45) is 8.96. The topological polar surface area (TPSA) is 38.7 Å². The van der Waals surface area contributed by atoms with Gasteiger partial charge in [0.15, 0.2) is 17.5 Å². The normalized spacial score (nSPS) is 13.2. The van der Waals surface area contributed by atoms with Gasteiger partial charge in [0.05, 0.1) is 0 Å². The van der Waals surface area contributed by atoms with E-state index in [1.54, 1.807) is 0 Å². The maximum atomic E-state index is 5.20. The molecule has 2 aromatic heterocycles. The van der Waals surface area contributed by atoms with Crippen LogP contribution in [-0.4, -0.2) is 15.0 Å². The number of fused-ring (bicyclic) bond motifs is 5. The maximum absolute atomic E-state index is 5.20. The molecule has 3 nitrogen and oxygen atoms in total. The summed E-state index contributed by atoms with van der Waals surface area (Å²) in [5.41, 5.74) is 6.70. The van der Waals surface area contributed by atoms with Gasteiger partial charge in [0.25, 0.3) is 0 Å². The minimum absolute atomic E-state index is 0.679. The largest absolute Gasteiger partial charge is 0.208 e. The summed E-state index contributed by atoms with van der Waals surface area (Å²) >= 11 is 1.84. The van der Waals surface area contributed by atoms with Gasteiger partial charge >= 0.3 is 0 Å². The molecule has 0 atom stereocenters. The number of hydrogen-bond donors (Lipinski definition) is 0. The number of aryl methyl sites for hydroxylation is 1. The first-order chi connectivity index (χ1) is 20.7. The van der Waals surface area contributed by atoms with Gasteiger partial charge in [-0.15, -0.1) is 11.3 Å². The van der Waals surface area contributed by atoms with Gasteiger partial charge in [0, 0.05) is 36.9 Å². The number of allylic oxidation sites excluding steroid dienone is 4. The average molecular weight is 558 g/mol. The van der Waals surface area contributed by atoms with Crippen molar-refractivity contribution in [3.8, 4) is 34.2 Å². The number of thiophene rings is 1. The van der Waals surface area contributed by atoms with Crippen molar-refractivity contribution in [2.24, 2.45) is 0 Å². The molecule has 0 amide bonds. The first-order valence-electron chi connectivity index (χ1n) is 14.4. The number of benzene rings is 5. The molecule has 0 spiro atoms. The van der Waals surface area contributed by atoms with Crippen LogP contribution < -0.4 is 0 Å². The van der Waals surface area contributed by atoms with Gasteiger partial charge in [-0.2, -0.15) is 0 Å². The smallest absolute Gasteiger partial charge is 0.165 e. The van der Waals surface area contributed by atoms with E-state index < -0.39 is 0 Å². The van der Waals surface area contributed by atoms with E-state index in [9.17, 15) is 0 Å². The summed E-state index contributed by atoms with van der Waals surface area (Å²) < 4.78 is 2.54. The van der Waals surface area contributed by atoms with Crippen LogP contribution in [0.2, 0.25) is 0 Å². The molecule has 0 saturated heterocycles. The van der Waals surface area contributed by atoms with Gasteiger partial charge in [0.1, 0.15) is 0 Å². The third-order valence-corrected chi connectivity index (χ3v) is 9.36. The molecule has 1 aliphatic carbocycles. The predicted molar refractivity (Wildman–Crippen MR) is 178 cm³/mol. The quantitative estimate of drug-likeness (QED) is 0.216. The fourth-order valence-electron chi connectivity index (χ4n) is 6.07. The van der Waals surface area contributed by atoms with Crippen molar-refractivity contribution in [3.05, 3.63) is 132 Å². The van der Waals surface area contributed by atoms with Gasteiger partial charge in [0.2, 0.25) is 0 Å². The Hall–Kier alpha value is -4.93. The summed E-state index contributed by atoms with van der Waals surface area (Å²) in [5.74, 6) is 2.06. The molecule has 4 heteroatoms. The highest BCUT2D eigenvalue weighted by Gasteiger charge is 2.21. The summed E-state index contributed by atoms with van der Waals surface area (Å²) in [4.78, 5) is 15.4. The van der Waals surface area contributed by atoms with Crippen LogP contribution >= 0.6 is 11.3 Å². The molecular formula is C38H27N3S. The van der Waals surface area contributed by atoms with E-state index in [4.69, 9.17) is 15.0 Å². The molecule has 0 bridgehead atoms. The molecule has 7 aromatic rings. The van der Waals surface area contributed by atoms with Crippen molar-refractivity contribution in [1.82, 2.24) is 15.0 Å². The maximum Gasteiger partial charge on any atom is 0.165 e. The van der Waals surface area contributed by atoms with Crippen molar-refractivity contribution < 1.29 is 0 Å². The van der Waals surface area contributed by atoms with E-state index in [2.05, 4.69) is 110 Å². The monoisotopic (exact) mass is 557 g/mol. The van der Waals surface area contributed by atoms with Crippen molar-refractivity contribution >= 4 is 47.9 Å². The zero-order valence-corrected chi connectivity index (χ0v) is 24.0. The molecule has 0 radical (unpaired) electrons. The lowest BCUT2D eigenvalue weighted by Crippen LogP contribution is -2.02.